The number of nitrogens with two attached hydrogens (primary N) is 1. The van der Waals surface area contributed by atoms with Crippen molar-refractivity contribution in [1.29, 1.82) is 5.26 Å². The molecule has 1 heterocycles. The summed E-state index contributed by atoms with van der Waals surface area (Å²) in [5.74, 6) is -0.310. The van der Waals surface area contributed by atoms with Crippen molar-refractivity contribution in [3.63, 3.8) is 0 Å². The Morgan fingerprint density at radius 2 is 2.22 bits per heavy atom. The fourth-order valence-corrected chi connectivity index (χ4v) is 2.57. The van der Waals surface area contributed by atoms with Gasteiger partial charge in [0.05, 0.1) is 12.7 Å². The Morgan fingerprint density at radius 1 is 1.41 bits per heavy atom. The van der Waals surface area contributed by atoms with Gasteiger partial charge in [-0.25, -0.2) is 0 Å². The number of nitrogens with zero attached hydrogens (tertiary/aromatic N) is 1. The number of carbonyl (C=O) groups is 2. The number of carbonyl (C=O) groups excluding carboxylic acids is 2. The summed E-state index contributed by atoms with van der Waals surface area (Å²) < 4.78 is 16.2. The van der Waals surface area contributed by atoms with E-state index < -0.39 is 11.8 Å². The first kappa shape index (κ1) is 20.3. The lowest BCUT2D eigenvalue weighted by Gasteiger charge is -2.12. The molecule has 2 rings (SSSR count). The van der Waals surface area contributed by atoms with Crippen LogP contribution in [0.2, 0.25) is 0 Å². The van der Waals surface area contributed by atoms with Gasteiger partial charge in [0.15, 0.2) is 18.1 Å². The Labute approximate surface area is 157 Å². The van der Waals surface area contributed by atoms with Crippen LogP contribution < -0.4 is 20.5 Å². The van der Waals surface area contributed by atoms with E-state index in [0.717, 1.165) is 12.8 Å². The Balaban J connectivity index is 2.11. The molecule has 1 aromatic carbocycles. The van der Waals surface area contributed by atoms with Gasteiger partial charge in [-0.3, -0.25) is 9.59 Å². The fraction of sp³-hybridized carbons (Fsp3) is 0.421. The highest BCUT2D eigenvalue weighted by Gasteiger charge is 2.18. The lowest BCUT2D eigenvalue weighted by Crippen LogP contribution is -2.32. The molecule has 0 spiro atoms. The Kier molecular flexibility index (Phi) is 7.64. The molecule has 27 heavy (non-hydrogen) atoms. The Bertz CT molecular complexity index is 748. The van der Waals surface area contributed by atoms with E-state index >= 15 is 0 Å². The molecule has 0 aliphatic carbocycles. The van der Waals surface area contributed by atoms with Crippen LogP contribution in [0.3, 0.4) is 0 Å². The summed E-state index contributed by atoms with van der Waals surface area (Å²) in [6.07, 6.45) is 3.34. The summed E-state index contributed by atoms with van der Waals surface area (Å²) in [6, 6.07) is 6.79. The molecular formula is C19H23N3O5. The van der Waals surface area contributed by atoms with E-state index in [1.807, 2.05) is 6.07 Å². The molecule has 1 aliphatic heterocycles. The third-order valence-electron chi connectivity index (χ3n) is 3.83. The second kappa shape index (κ2) is 10.2. The van der Waals surface area contributed by atoms with Crippen molar-refractivity contribution in [2.75, 3.05) is 26.4 Å². The highest BCUT2D eigenvalue weighted by molar-refractivity contribution is 6.01. The predicted molar refractivity (Wildman–Crippen MR) is 97.9 cm³/mol. The van der Waals surface area contributed by atoms with Crippen LogP contribution in [-0.2, 0) is 14.3 Å². The van der Waals surface area contributed by atoms with E-state index in [0.29, 0.717) is 36.8 Å². The zero-order valence-electron chi connectivity index (χ0n) is 15.2. The molecule has 1 aliphatic rings. The van der Waals surface area contributed by atoms with Crippen molar-refractivity contribution < 1.29 is 23.8 Å². The third-order valence-corrected chi connectivity index (χ3v) is 3.83. The van der Waals surface area contributed by atoms with E-state index in [-0.39, 0.29) is 18.3 Å². The minimum atomic E-state index is -0.601. The molecule has 0 bridgehead atoms. The van der Waals surface area contributed by atoms with Gasteiger partial charge in [-0.1, -0.05) is 6.07 Å². The second-order valence-corrected chi connectivity index (χ2v) is 5.91. The highest BCUT2D eigenvalue weighted by Crippen LogP contribution is 2.29. The van der Waals surface area contributed by atoms with E-state index in [2.05, 4.69) is 5.32 Å². The summed E-state index contributed by atoms with van der Waals surface area (Å²) in [6.45, 7) is 2.99. The molecule has 8 heteroatoms. The van der Waals surface area contributed by atoms with Gasteiger partial charge in [0.2, 0.25) is 0 Å². The van der Waals surface area contributed by atoms with Crippen LogP contribution in [-0.4, -0.2) is 44.3 Å². The van der Waals surface area contributed by atoms with Crippen molar-refractivity contribution >= 4 is 17.9 Å². The molecule has 1 fully saturated rings. The number of ether oxygens (including phenoxy) is 3. The Morgan fingerprint density at radius 3 is 2.85 bits per heavy atom. The average molecular weight is 373 g/mol. The molecule has 0 unspecified atom stereocenters. The maximum absolute atomic E-state index is 12.2. The Hall–Kier alpha value is -3.05. The predicted octanol–water partition coefficient (Wildman–Crippen LogP) is 1.15. The third kappa shape index (κ3) is 6.31. The van der Waals surface area contributed by atoms with Crippen molar-refractivity contribution in [3.8, 4) is 17.6 Å². The number of nitriles is 1. The number of primary amides is 1. The zero-order chi connectivity index (χ0) is 19.6. The number of hydrogen-bond acceptors (Lipinski definition) is 6. The first-order valence-corrected chi connectivity index (χ1v) is 8.73. The number of nitrogens with one attached hydrogen (secondary N) is 1. The van der Waals surface area contributed by atoms with Crippen molar-refractivity contribution in [3.05, 3.63) is 29.3 Å². The number of hydrogen-bond donors (Lipinski definition) is 2. The summed E-state index contributed by atoms with van der Waals surface area (Å²) in [5.41, 5.74) is 5.65. The molecule has 8 nitrogen and oxygen atoms in total. The van der Waals surface area contributed by atoms with E-state index in [4.69, 9.17) is 19.9 Å². The van der Waals surface area contributed by atoms with Gasteiger partial charge in [-0.05, 0) is 43.5 Å². The number of rotatable bonds is 9. The molecule has 144 valence electrons. The zero-order valence-corrected chi connectivity index (χ0v) is 15.2. The monoisotopic (exact) mass is 373 g/mol. The van der Waals surface area contributed by atoms with Crippen LogP contribution in [0.15, 0.2) is 23.8 Å². The van der Waals surface area contributed by atoms with Crippen LogP contribution >= 0.6 is 0 Å². The lowest BCUT2D eigenvalue weighted by molar-refractivity contribution is -0.120. The topological polar surface area (TPSA) is 124 Å². The molecule has 0 saturated carbocycles. The average Bonchev–Trinajstić information content (AvgIpc) is 3.17. The second-order valence-electron chi connectivity index (χ2n) is 5.91. The van der Waals surface area contributed by atoms with Crippen molar-refractivity contribution in [2.45, 2.75) is 25.9 Å². The maximum Gasteiger partial charge on any atom is 0.262 e. The molecule has 1 saturated heterocycles. The van der Waals surface area contributed by atoms with Crippen LogP contribution in [0.25, 0.3) is 6.08 Å². The van der Waals surface area contributed by atoms with E-state index in [1.165, 1.54) is 6.08 Å². The van der Waals surface area contributed by atoms with E-state index in [1.54, 1.807) is 25.1 Å². The van der Waals surface area contributed by atoms with Gasteiger partial charge in [0.1, 0.15) is 11.6 Å². The first-order chi connectivity index (χ1) is 13.0. The minimum Gasteiger partial charge on any atom is -0.490 e. The molecule has 3 N–H and O–H groups in total. The van der Waals surface area contributed by atoms with Gasteiger partial charge in [0, 0.05) is 13.2 Å². The fourth-order valence-electron chi connectivity index (χ4n) is 2.57. The summed E-state index contributed by atoms with van der Waals surface area (Å²) >= 11 is 0. The molecule has 0 radical (unpaired) electrons. The maximum atomic E-state index is 12.2. The molecule has 1 aromatic rings. The van der Waals surface area contributed by atoms with Crippen molar-refractivity contribution in [1.82, 2.24) is 5.32 Å². The van der Waals surface area contributed by atoms with Gasteiger partial charge in [-0.2, -0.15) is 5.26 Å². The van der Waals surface area contributed by atoms with Gasteiger partial charge < -0.3 is 25.3 Å². The van der Waals surface area contributed by atoms with Crippen LogP contribution in [0.4, 0.5) is 0 Å². The number of amides is 2. The molecule has 2 amide bonds. The normalized spacial score (nSPS) is 16.4. The smallest absolute Gasteiger partial charge is 0.262 e. The SMILES string of the molecule is CCOc1cc(/C=C(\C#N)C(=O)NC[C@H]2CCCO2)ccc1OCC(N)=O. The summed E-state index contributed by atoms with van der Waals surface area (Å²) in [7, 11) is 0. The summed E-state index contributed by atoms with van der Waals surface area (Å²) in [4.78, 5) is 23.1. The standard InChI is InChI=1S/C19H23N3O5/c1-2-25-17-9-13(5-6-16(17)27-12-18(21)23)8-14(10-20)19(24)22-11-15-4-3-7-26-15/h5-6,8-9,15H,2-4,7,11-12H2,1H3,(H2,21,23)(H,22,24)/b14-8+/t15-/m1/s1. The molecule has 0 aromatic heterocycles. The largest absolute Gasteiger partial charge is 0.490 e. The molecular weight excluding hydrogens is 350 g/mol. The molecule has 1 atom stereocenters. The minimum absolute atomic E-state index is 0.000127. The van der Waals surface area contributed by atoms with Gasteiger partial charge in [0.25, 0.3) is 11.8 Å². The van der Waals surface area contributed by atoms with E-state index in [9.17, 15) is 14.9 Å². The quantitative estimate of drug-likeness (QED) is 0.494. The number of benzene rings is 1. The van der Waals surface area contributed by atoms with Crippen LogP contribution in [0.1, 0.15) is 25.3 Å². The lowest BCUT2D eigenvalue weighted by atomic mass is 10.1. The first-order valence-electron chi connectivity index (χ1n) is 8.73. The van der Waals surface area contributed by atoms with Crippen molar-refractivity contribution in [2.24, 2.45) is 5.73 Å². The van der Waals surface area contributed by atoms with Crippen LogP contribution in [0, 0.1) is 11.3 Å². The van der Waals surface area contributed by atoms with Gasteiger partial charge in [-0.15, -0.1) is 0 Å². The van der Waals surface area contributed by atoms with Crippen LogP contribution in [0.5, 0.6) is 11.5 Å². The van der Waals surface area contributed by atoms with Gasteiger partial charge >= 0.3 is 0 Å². The summed E-state index contributed by atoms with van der Waals surface area (Å²) in [5, 5.41) is 12.0. The highest BCUT2D eigenvalue weighted by atomic mass is 16.5.